The summed E-state index contributed by atoms with van der Waals surface area (Å²) in [5, 5.41) is 7.09. The number of rotatable bonds is 4. The highest BCUT2D eigenvalue weighted by atomic mass is 32.2. The minimum Gasteiger partial charge on any atom is -0.356 e. The van der Waals surface area contributed by atoms with Crippen molar-refractivity contribution in [2.45, 2.75) is 25.3 Å². The van der Waals surface area contributed by atoms with E-state index in [0.29, 0.717) is 10.8 Å². The van der Waals surface area contributed by atoms with Crippen LogP contribution in [0.25, 0.3) is 0 Å². The van der Waals surface area contributed by atoms with Crippen LogP contribution in [0.3, 0.4) is 0 Å². The number of benzene rings is 2. The zero-order valence-electron chi connectivity index (χ0n) is 14.9. The number of hydrogen-bond acceptors (Lipinski definition) is 3. The molecule has 1 atom stereocenters. The Labute approximate surface area is 160 Å². The van der Waals surface area contributed by atoms with Gasteiger partial charge < -0.3 is 10.6 Å². The molecule has 0 heterocycles. The number of sulfonamides is 1. The molecular formula is C19H23N3O2S2. The lowest BCUT2D eigenvalue weighted by atomic mass is 9.88. The first-order valence-electron chi connectivity index (χ1n) is 8.54. The second-order valence-electron chi connectivity index (χ2n) is 6.52. The lowest BCUT2D eigenvalue weighted by Crippen LogP contribution is -2.34. The summed E-state index contributed by atoms with van der Waals surface area (Å²) < 4.78 is 24.7. The van der Waals surface area contributed by atoms with Gasteiger partial charge in [-0.25, -0.2) is 8.42 Å². The molecule has 0 fully saturated rings. The van der Waals surface area contributed by atoms with Gasteiger partial charge in [0.25, 0.3) is 0 Å². The Balaban J connectivity index is 1.70. The molecule has 0 radical (unpaired) electrons. The summed E-state index contributed by atoms with van der Waals surface area (Å²) in [5.41, 5.74) is 4.01. The number of nitrogens with zero attached hydrogens (tertiary/aromatic N) is 1. The van der Waals surface area contributed by atoms with Gasteiger partial charge in [0.15, 0.2) is 5.11 Å². The standard InChI is InChI=1S/C19H23N3O2S2/c1-22(26(2,23)24)16-10-6-9-15(13-16)20-19(25)21-18-12-5-8-14-7-3-4-11-17(14)18/h3-4,6-7,9-11,13,18H,5,8,12H2,1-2H3,(H2,20,21,25)/t18-/m0/s1. The third-order valence-electron chi connectivity index (χ3n) is 4.64. The van der Waals surface area contributed by atoms with Crippen LogP contribution in [0.2, 0.25) is 0 Å². The second-order valence-corrected chi connectivity index (χ2v) is 8.94. The summed E-state index contributed by atoms with van der Waals surface area (Å²) in [6.07, 6.45) is 4.45. The van der Waals surface area contributed by atoms with E-state index in [2.05, 4.69) is 34.9 Å². The van der Waals surface area contributed by atoms with Crippen LogP contribution in [0.5, 0.6) is 0 Å². The van der Waals surface area contributed by atoms with Crippen molar-refractivity contribution in [3.05, 3.63) is 59.7 Å². The van der Waals surface area contributed by atoms with Crippen LogP contribution in [0.4, 0.5) is 11.4 Å². The molecule has 3 rings (SSSR count). The SMILES string of the molecule is CN(c1cccc(NC(=S)N[C@H]2CCCc3ccccc32)c1)S(C)(=O)=O. The minimum atomic E-state index is -3.30. The van der Waals surface area contributed by atoms with Gasteiger partial charge in [0.2, 0.25) is 10.0 Å². The van der Waals surface area contributed by atoms with E-state index >= 15 is 0 Å². The van der Waals surface area contributed by atoms with Crippen molar-refractivity contribution in [1.29, 1.82) is 0 Å². The Kier molecular flexibility index (Phi) is 5.48. The van der Waals surface area contributed by atoms with Crippen molar-refractivity contribution in [3.63, 3.8) is 0 Å². The number of hydrogen-bond donors (Lipinski definition) is 2. The van der Waals surface area contributed by atoms with Crippen LogP contribution in [0.15, 0.2) is 48.5 Å². The van der Waals surface area contributed by atoms with Gasteiger partial charge in [-0.1, -0.05) is 30.3 Å². The number of aryl methyl sites for hydroxylation is 1. The number of nitrogens with one attached hydrogen (secondary N) is 2. The van der Waals surface area contributed by atoms with Crippen molar-refractivity contribution >= 4 is 38.7 Å². The molecule has 2 aromatic carbocycles. The topological polar surface area (TPSA) is 61.4 Å². The molecule has 5 nitrogen and oxygen atoms in total. The molecule has 0 bridgehead atoms. The summed E-state index contributed by atoms with van der Waals surface area (Å²) >= 11 is 5.47. The smallest absolute Gasteiger partial charge is 0.231 e. The number of thiocarbonyl (C=S) groups is 1. The summed E-state index contributed by atoms with van der Waals surface area (Å²) in [6.45, 7) is 0. The van der Waals surface area contributed by atoms with E-state index in [1.165, 1.54) is 28.7 Å². The second kappa shape index (κ2) is 7.63. The van der Waals surface area contributed by atoms with Crippen molar-refractivity contribution in [2.24, 2.45) is 0 Å². The molecule has 0 aromatic heterocycles. The molecule has 0 saturated carbocycles. The first-order valence-corrected chi connectivity index (χ1v) is 10.8. The maximum atomic E-state index is 11.7. The van der Waals surface area contributed by atoms with E-state index in [9.17, 15) is 8.42 Å². The number of fused-ring (bicyclic) bond motifs is 1. The average Bonchev–Trinajstić information content (AvgIpc) is 2.61. The molecule has 7 heteroatoms. The predicted molar refractivity (Wildman–Crippen MR) is 111 cm³/mol. The van der Waals surface area contributed by atoms with Crippen LogP contribution < -0.4 is 14.9 Å². The van der Waals surface area contributed by atoms with Crippen LogP contribution in [0, 0.1) is 0 Å². The summed E-state index contributed by atoms with van der Waals surface area (Å²) in [7, 11) is -1.77. The fraction of sp³-hybridized carbons (Fsp3) is 0.316. The average molecular weight is 390 g/mol. The molecule has 0 unspecified atom stereocenters. The first-order chi connectivity index (χ1) is 12.3. The molecule has 0 spiro atoms. The van der Waals surface area contributed by atoms with Crippen LogP contribution >= 0.6 is 12.2 Å². The van der Waals surface area contributed by atoms with Crippen molar-refractivity contribution in [2.75, 3.05) is 22.9 Å². The Morgan fingerprint density at radius 3 is 2.73 bits per heavy atom. The lowest BCUT2D eigenvalue weighted by molar-refractivity contribution is 0.529. The fourth-order valence-corrected chi connectivity index (χ4v) is 3.96. The van der Waals surface area contributed by atoms with Crippen LogP contribution in [-0.2, 0) is 16.4 Å². The molecule has 26 heavy (non-hydrogen) atoms. The van der Waals surface area contributed by atoms with Gasteiger partial charge in [-0.15, -0.1) is 0 Å². The van der Waals surface area contributed by atoms with Gasteiger partial charge in [0, 0.05) is 12.7 Å². The molecule has 2 N–H and O–H groups in total. The summed E-state index contributed by atoms with van der Waals surface area (Å²) in [5.74, 6) is 0. The zero-order chi connectivity index (χ0) is 18.7. The molecular weight excluding hydrogens is 366 g/mol. The van der Waals surface area contributed by atoms with Crippen molar-refractivity contribution in [1.82, 2.24) is 5.32 Å². The highest BCUT2D eigenvalue weighted by molar-refractivity contribution is 7.92. The van der Waals surface area contributed by atoms with Gasteiger partial charge >= 0.3 is 0 Å². The Morgan fingerprint density at radius 2 is 1.96 bits per heavy atom. The monoisotopic (exact) mass is 389 g/mol. The maximum Gasteiger partial charge on any atom is 0.231 e. The van der Waals surface area contributed by atoms with E-state index in [0.717, 1.165) is 24.9 Å². The Hall–Kier alpha value is -2.12. The largest absolute Gasteiger partial charge is 0.356 e. The summed E-state index contributed by atoms with van der Waals surface area (Å²) in [6, 6.07) is 15.8. The molecule has 1 aliphatic carbocycles. The zero-order valence-corrected chi connectivity index (χ0v) is 16.5. The quantitative estimate of drug-likeness (QED) is 0.785. The van der Waals surface area contributed by atoms with E-state index in [1.807, 2.05) is 6.07 Å². The van der Waals surface area contributed by atoms with Gasteiger partial charge in [-0.05, 0) is 60.8 Å². The third-order valence-corrected chi connectivity index (χ3v) is 6.07. The Morgan fingerprint density at radius 1 is 1.19 bits per heavy atom. The van der Waals surface area contributed by atoms with Crippen molar-refractivity contribution in [3.8, 4) is 0 Å². The lowest BCUT2D eigenvalue weighted by Gasteiger charge is -2.27. The van der Waals surface area contributed by atoms with E-state index in [-0.39, 0.29) is 6.04 Å². The fourth-order valence-electron chi connectivity index (χ4n) is 3.20. The molecule has 0 amide bonds. The maximum absolute atomic E-state index is 11.7. The van der Waals surface area contributed by atoms with E-state index < -0.39 is 10.0 Å². The third kappa shape index (κ3) is 4.34. The normalized spacial score (nSPS) is 16.5. The Bertz CT molecular complexity index is 913. The first kappa shape index (κ1) is 18.7. The van der Waals surface area contributed by atoms with Gasteiger partial charge in [0.1, 0.15) is 0 Å². The molecule has 2 aromatic rings. The van der Waals surface area contributed by atoms with Gasteiger partial charge in [-0.2, -0.15) is 0 Å². The molecule has 1 aliphatic rings. The number of anilines is 2. The highest BCUT2D eigenvalue weighted by Crippen LogP contribution is 2.29. The molecule has 0 saturated heterocycles. The van der Waals surface area contributed by atoms with E-state index in [1.54, 1.807) is 18.2 Å². The predicted octanol–water partition coefficient (Wildman–Crippen LogP) is 3.45. The molecule has 0 aliphatic heterocycles. The highest BCUT2D eigenvalue weighted by Gasteiger charge is 2.20. The van der Waals surface area contributed by atoms with Gasteiger partial charge in [0.05, 0.1) is 18.0 Å². The van der Waals surface area contributed by atoms with Crippen LogP contribution in [-0.4, -0.2) is 26.8 Å². The van der Waals surface area contributed by atoms with Crippen LogP contribution in [0.1, 0.15) is 30.0 Å². The van der Waals surface area contributed by atoms with E-state index in [4.69, 9.17) is 12.2 Å². The van der Waals surface area contributed by atoms with Gasteiger partial charge in [-0.3, -0.25) is 4.31 Å². The minimum absolute atomic E-state index is 0.196. The summed E-state index contributed by atoms with van der Waals surface area (Å²) in [4.78, 5) is 0. The van der Waals surface area contributed by atoms with Crippen molar-refractivity contribution < 1.29 is 8.42 Å². The molecule has 138 valence electrons.